The molecule has 1 heterocycles. The number of esters is 3. The van der Waals surface area contributed by atoms with Gasteiger partial charge in [-0.05, 0) is 0 Å². The van der Waals surface area contributed by atoms with Crippen molar-refractivity contribution in [2.45, 2.75) is 51.5 Å². The lowest BCUT2D eigenvalue weighted by Gasteiger charge is -2.43. The Morgan fingerprint density at radius 3 is 1.92 bits per heavy atom. The number of carbonyl (C=O) groups excluding carboxylic acids is 4. The molecule has 0 radical (unpaired) electrons. The van der Waals surface area contributed by atoms with Crippen LogP contribution in [0.25, 0.3) is 0 Å². The highest BCUT2D eigenvalue weighted by atomic mass is 31.0. The van der Waals surface area contributed by atoms with Gasteiger partial charge in [0.25, 0.3) is 0 Å². The number of hydrogen-bond acceptors (Lipinski definition) is 10. The third-order valence-electron chi connectivity index (χ3n) is 3.03. The Balaban J connectivity index is 3.18. The summed E-state index contributed by atoms with van der Waals surface area (Å²) in [4.78, 5) is 45.0. The van der Waals surface area contributed by atoms with Gasteiger partial charge in [-0.1, -0.05) is 0 Å². The Morgan fingerprint density at radius 2 is 1.48 bits per heavy atom. The monoisotopic (exact) mass is 381 g/mol. The number of ether oxygens (including phenoxy) is 5. The van der Waals surface area contributed by atoms with Crippen molar-refractivity contribution in [1.82, 2.24) is 0 Å². The smallest absolute Gasteiger partial charge is 0.405 e. The molecular weight excluding hydrogens is 361 g/mol. The first-order chi connectivity index (χ1) is 11.6. The summed E-state index contributed by atoms with van der Waals surface area (Å²) < 4.78 is 30.5. The molecule has 0 aliphatic carbocycles. The van der Waals surface area contributed by atoms with Crippen molar-refractivity contribution in [1.29, 1.82) is 0 Å². The van der Waals surface area contributed by atoms with E-state index in [9.17, 15) is 19.2 Å². The Bertz CT molecular complexity index is 527. The molecule has 142 valence electrons. The molecule has 6 atom stereocenters. The second kappa shape index (κ2) is 9.50. The highest BCUT2D eigenvalue weighted by Crippen LogP contribution is 2.30. The van der Waals surface area contributed by atoms with E-state index in [4.69, 9.17) is 33.9 Å². The molecule has 1 amide bonds. The number of primary amides is 1. The molecule has 12 heteroatoms. The van der Waals surface area contributed by atoms with Gasteiger partial charge in [0, 0.05) is 30.2 Å². The molecule has 1 rings (SSSR count). The Morgan fingerprint density at radius 1 is 0.920 bits per heavy atom. The summed E-state index contributed by atoms with van der Waals surface area (Å²) in [6, 6.07) is 0. The van der Waals surface area contributed by atoms with E-state index >= 15 is 0 Å². The standard InChI is InChI=1S/C13H20NO10P/c1-5(15)19-4-8-9(20-6(2)16)10(23-13(14)18)11(21-7(3)17)12(22-8)24-25/h8-12H,4,25H2,1-3H3,(H2,14,18)/t8-,9+,10-,11-,12+/m0/s1. The van der Waals surface area contributed by atoms with Crippen molar-refractivity contribution < 1.29 is 47.4 Å². The van der Waals surface area contributed by atoms with Crippen LogP contribution in [-0.4, -0.2) is 61.3 Å². The summed E-state index contributed by atoms with van der Waals surface area (Å²) in [5.74, 6) is -2.06. The minimum absolute atomic E-state index is 0.330. The van der Waals surface area contributed by atoms with Gasteiger partial charge >= 0.3 is 24.0 Å². The van der Waals surface area contributed by atoms with Gasteiger partial charge in [0.2, 0.25) is 6.29 Å². The van der Waals surface area contributed by atoms with Crippen LogP contribution < -0.4 is 5.73 Å². The Hall–Kier alpha value is -1.97. The van der Waals surface area contributed by atoms with E-state index in [-0.39, 0.29) is 6.61 Å². The first-order valence-corrected chi connectivity index (χ1v) is 7.57. The molecule has 0 aromatic heterocycles. The molecule has 25 heavy (non-hydrogen) atoms. The number of amides is 1. The lowest BCUT2D eigenvalue weighted by atomic mass is 9.98. The number of nitrogens with two attached hydrogens (primary N) is 1. The van der Waals surface area contributed by atoms with Gasteiger partial charge < -0.3 is 33.9 Å². The van der Waals surface area contributed by atoms with Gasteiger partial charge in [0.15, 0.2) is 18.3 Å². The number of hydrogen-bond donors (Lipinski definition) is 1. The second-order valence-electron chi connectivity index (χ2n) is 5.03. The average Bonchev–Trinajstić information content (AvgIpc) is 2.48. The van der Waals surface area contributed by atoms with Crippen LogP contribution in [0.5, 0.6) is 0 Å². The summed E-state index contributed by atoms with van der Waals surface area (Å²) in [5.41, 5.74) is 5.05. The highest BCUT2D eigenvalue weighted by molar-refractivity contribution is 7.09. The van der Waals surface area contributed by atoms with Crippen molar-refractivity contribution in [2.75, 3.05) is 6.61 Å². The molecule has 0 spiro atoms. The van der Waals surface area contributed by atoms with Crippen LogP contribution >= 0.6 is 9.47 Å². The molecule has 1 fully saturated rings. The SMILES string of the molecule is CC(=O)OC[C@@H]1O[C@H](OP)[C@@H](OC(C)=O)[C@@H](OC(N)=O)[C@@H]1OC(C)=O. The lowest BCUT2D eigenvalue weighted by molar-refractivity contribution is -0.282. The molecule has 1 aliphatic heterocycles. The molecule has 1 saturated heterocycles. The van der Waals surface area contributed by atoms with Crippen LogP contribution in [0.4, 0.5) is 4.79 Å². The third kappa shape index (κ3) is 6.45. The molecular formula is C13H20NO10P. The molecule has 11 nitrogen and oxygen atoms in total. The topological polar surface area (TPSA) is 150 Å². The maximum absolute atomic E-state index is 11.4. The molecule has 2 N–H and O–H groups in total. The summed E-state index contributed by atoms with van der Waals surface area (Å²) in [6.45, 7) is 3.08. The van der Waals surface area contributed by atoms with E-state index in [0.717, 1.165) is 13.8 Å². The fraction of sp³-hybridized carbons (Fsp3) is 0.692. The highest BCUT2D eigenvalue weighted by Gasteiger charge is 2.52. The maximum Gasteiger partial charge on any atom is 0.405 e. The summed E-state index contributed by atoms with van der Waals surface area (Å²) in [6.07, 6.45) is -7.36. The Labute approximate surface area is 145 Å². The van der Waals surface area contributed by atoms with Crippen LogP contribution in [0.15, 0.2) is 0 Å². The molecule has 0 saturated carbocycles. The first-order valence-electron chi connectivity index (χ1n) is 7.10. The van der Waals surface area contributed by atoms with Crippen LogP contribution in [0, 0.1) is 0 Å². The normalized spacial score (nSPS) is 28.6. The van der Waals surface area contributed by atoms with Gasteiger partial charge in [-0.15, -0.1) is 0 Å². The minimum Gasteiger partial charge on any atom is -0.463 e. The summed E-state index contributed by atoms with van der Waals surface area (Å²) in [7, 11) is 1.91. The quantitative estimate of drug-likeness (QED) is 0.359. The first kappa shape index (κ1) is 21.1. The van der Waals surface area contributed by atoms with Crippen LogP contribution in [0.1, 0.15) is 20.8 Å². The largest absolute Gasteiger partial charge is 0.463 e. The number of rotatable bonds is 6. The average molecular weight is 381 g/mol. The molecule has 1 unspecified atom stereocenters. The van der Waals surface area contributed by atoms with Gasteiger partial charge in [-0.3, -0.25) is 14.4 Å². The zero-order valence-corrected chi connectivity index (χ0v) is 15.0. The van der Waals surface area contributed by atoms with Gasteiger partial charge in [0.05, 0.1) is 0 Å². The van der Waals surface area contributed by atoms with E-state index in [1.54, 1.807) is 0 Å². The summed E-state index contributed by atoms with van der Waals surface area (Å²) in [5, 5.41) is 0. The minimum atomic E-state index is -1.34. The number of carbonyl (C=O) groups is 4. The lowest BCUT2D eigenvalue weighted by Crippen LogP contribution is -2.62. The van der Waals surface area contributed by atoms with E-state index in [0.29, 0.717) is 0 Å². The third-order valence-corrected chi connectivity index (χ3v) is 3.30. The summed E-state index contributed by atoms with van der Waals surface area (Å²) >= 11 is 0. The molecule has 0 aromatic rings. The van der Waals surface area contributed by atoms with Crippen molar-refractivity contribution >= 4 is 33.5 Å². The zero-order chi connectivity index (χ0) is 19.1. The zero-order valence-electron chi connectivity index (χ0n) is 13.8. The predicted octanol–water partition coefficient (Wildman–Crippen LogP) is -0.592. The Kier molecular flexibility index (Phi) is 8.01. The van der Waals surface area contributed by atoms with Crippen molar-refractivity contribution in [3.05, 3.63) is 0 Å². The van der Waals surface area contributed by atoms with Crippen molar-refractivity contribution in [2.24, 2.45) is 5.73 Å². The molecule has 0 aromatic carbocycles. The van der Waals surface area contributed by atoms with Crippen LogP contribution in [0.3, 0.4) is 0 Å². The van der Waals surface area contributed by atoms with E-state index < -0.39 is 54.7 Å². The van der Waals surface area contributed by atoms with Crippen molar-refractivity contribution in [3.63, 3.8) is 0 Å². The van der Waals surface area contributed by atoms with E-state index in [1.165, 1.54) is 6.92 Å². The second-order valence-corrected chi connectivity index (χ2v) is 5.30. The fourth-order valence-electron chi connectivity index (χ4n) is 2.24. The van der Waals surface area contributed by atoms with Crippen LogP contribution in [-0.2, 0) is 42.6 Å². The predicted molar refractivity (Wildman–Crippen MR) is 81.7 cm³/mol. The van der Waals surface area contributed by atoms with E-state index in [1.807, 2.05) is 9.47 Å². The molecule has 0 bridgehead atoms. The fourth-order valence-corrected chi connectivity index (χ4v) is 2.46. The van der Waals surface area contributed by atoms with E-state index in [2.05, 4.69) is 0 Å². The molecule has 1 aliphatic rings. The van der Waals surface area contributed by atoms with Crippen LogP contribution in [0.2, 0.25) is 0 Å². The maximum atomic E-state index is 11.4. The van der Waals surface area contributed by atoms with Gasteiger partial charge in [-0.2, -0.15) is 0 Å². The van der Waals surface area contributed by atoms with Crippen molar-refractivity contribution in [3.8, 4) is 0 Å². The van der Waals surface area contributed by atoms with Gasteiger partial charge in [-0.25, -0.2) is 4.79 Å². The van der Waals surface area contributed by atoms with Gasteiger partial charge in [0.1, 0.15) is 12.7 Å².